The smallest absolute Gasteiger partial charge is 0.294 e. The van der Waals surface area contributed by atoms with Crippen LogP contribution in [0.1, 0.15) is 19.0 Å². The Labute approximate surface area is 139 Å². The minimum atomic E-state index is -0.807. The molecule has 2 aromatic rings. The SMILES string of the molecule is Cc1cc2c(OCC(O)CNC(C)CCO[N+](=O)[O-])cccc2[nH]1. The van der Waals surface area contributed by atoms with Crippen molar-refractivity contribution in [1.82, 2.24) is 10.3 Å². The van der Waals surface area contributed by atoms with E-state index in [1.165, 1.54) is 0 Å². The van der Waals surface area contributed by atoms with E-state index >= 15 is 0 Å². The summed E-state index contributed by atoms with van der Waals surface area (Å²) in [6.07, 6.45) is -0.199. The zero-order valence-corrected chi connectivity index (χ0v) is 13.8. The maximum absolute atomic E-state index is 10.1. The van der Waals surface area contributed by atoms with Gasteiger partial charge in [-0.05, 0) is 38.5 Å². The number of H-pyrrole nitrogens is 1. The van der Waals surface area contributed by atoms with Crippen molar-refractivity contribution >= 4 is 10.9 Å². The van der Waals surface area contributed by atoms with Crippen LogP contribution < -0.4 is 10.1 Å². The number of ether oxygens (including phenoxy) is 1. The maximum atomic E-state index is 10.1. The molecule has 1 aromatic heterocycles. The van der Waals surface area contributed by atoms with Crippen molar-refractivity contribution < 1.29 is 19.8 Å². The molecule has 0 saturated heterocycles. The quantitative estimate of drug-likeness (QED) is 0.450. The monoisotopic (exact) mass is 337 g/mol. The number of hydrogen-bond donors (Lipinski definition) is 3. The standard InChI is InChI=1S/C16H23N3O5/c1-11(6-7-24-19(21)22)17-9-13(20)10-23-16-5-3-4-15-14(16)8-12(2)18-15/h3-5,8,11,13,17-18,20H,6-7,9-10H2,1-2H3. The number of fused-ring (bicyclic) bond motifs is 1. The van der Waals surface area contributed by atoms with Crippen molar-refractivity contribution in [2.45, 2.75) is 32.4 Å². The lowest BCUT2D eigenvalue weighted by Crippen LogP contribution is -2.37. The molecule has 0 spiro atoms. The molecule has 0 fully saturated rings. The molecule has 2 atom stereocenters. The van der Waals surface area contributed by atoms with E-state index in [0.29, 0.717) is 13.0 Å². The zero-order chi connectivity index (χ0) is 17.5. The fraction of sp³-hybridized carbons (Fsp3) is 0.500. The summed E-state index contributed by atoms with van der Waals surface area (Å²) in [4.78, 5) is 17.6. The summed E-state index contributed by atoms with van der Waals surface area (Å²) in [5.41, 5.74) is 2.05. The van der Waals surface area contributed by atoms with Gasteiger partial charge in [0, 0.05) is 29.2 Å². The molecule has 0 aliphatic heterocycles. The van der Waals surface area contributed by atoms with E-state index in [0.717, 1.165) is 22.3 Å². The Bertz CT molecular complexity index is 673. The third kappa shape index (κ3) is 5.39. The van der Waals surface area contributed by atoms with Crippen LogP contribution >= 0.6 is 0 Å². The highest BCUT2D eigenvalue weighted by Crippen LogP contribution is 2.26. The van der Waals surface area contributed by atoms with Gasteiger partial charge < -0.3 is 25.0 Å². The predicted molar refractivity (Wildman–Crippen MR) is 89.6 cm³/mol. The van der Waals surface area contributed by atoms with Crippen LogP contribution in [0.4, 0.5) is 0 Å². The van der Waals surface area contributed by atoms with Gasteiger partial charge in [-0.1, -0.05) is 6.07 Å². The summed E-state index contributed by atoms with van der Waals surface area (Å²) in [5, 5.41) is 23.4. The van der Waals surface area contributed by atoms with Crippen LogP contribution in [0.15, 0.2) is 24.3 Å². The Morgan fingerprint density at radius 3 is 3.00 bits per heavy atom. The number of nitrogens with zero attached hydrogens (tertiary/aromatic N) is 1. The van der Waals surface area contributed by atoms with E-state index in [1.54, 1.807) is 0 Å². The number of rotatable bonds is 10. The third-order valence-electron chi connectivity index (χ3n) is 3.64. The average Bonchev–Trinajstić information content (AvgIpc) is 2.91. The molecule has 0 aliphatic carbocycles. The molecule has 0 bridgehead atoms. The van der Waals surface area contributed by atoms with Crippen molar-refractivity contribution in [3.63, 3.8) is 0 Å². The first-order chi connectivity index (χ1) is 11.5. The third-order valence-corrected chi connectivity index (χ3v) is 3.64. The van der Waals surface area contributed by atoms with Gasteiger partial charge in [0.15, 0.2) is 0 Å². The van der Waals surface area contributed by atoms with Gasteiger partial charge >= 0.3 is 0 Å². The van der Waals surface area contributed by atoms with Gasteiger partial charge in [-0.2, -0.15) is 0 Å². The number of aryl methyl sites for hydroxylation is 1. The fourth-order valence-electron chi connectivity index (χ4n) is 2.38. The molecule has 24 heavy (non-hydrogen) atoms. The number of nitrogens with one attached hydrogen (secondary N) is 2. The summed E-state index contributed by atoms with van der Waals surface area (Å²) in [7, 11) is 0. The summed E-state index contributed by atoms with van der Waals surface area (Å²) in [5.74, 6) is 0.725. The Kier molecular flexibility index (Phi) is 6.39. The van der Waals surface area contributed by atoms with Crippen LogP contribution in [-0.2, 0) is 4.84 Å². The minimum Gasteiger partial charge on any atom is -0.490 e. The van der Waals surface area contributed by atoms with Crippen molar-refractivity contribution in [3.8, 4) is 5.75 Å². The average molecular weight is 337 g/mol. The van der Waals surface area contributed by atoms with Crippen molar-refractivity contribution in [1.29, 1.82) is 0 Å². The Morgan fingerprint density at radius 1 is 1.46 bits per heavy atom. The first-order valence-electron chi connectivity index (χ1n) is 7.85. The Balaban J connectivity index is 1.74. The van der Waals surface area contributed by atoms with E-state index in [2.05, 4.69) is 15.1 Å². The first-order valence-corrected chi connectivity index (χ1v) is 7.85. The van der Waals surface area contributed by atoms with Gasteiger partial charge in [0.05, 0.1) is 6.61 Å². The molecule has 0 aliphatic rings. The number of aromatic amines is 1. The molecular weight excluding hydrogens is 314 g/mol. The maximum Gasteiger partial charge on any atom is 0.294 e. The molecule has 8 nitrogen and oxygen atoms in total. The molecule has 3 N–H and O–H groups in total. The van der Waals surface area contributed by atoms with Crippen molar-refractivity contribution in [3.05, 3.63) is 40.1 Å². The van der Waals surface area contributed by atoms with Gasteiger partial charge in [-0.15, -0.1) is 10.1 Å². The van der Waals surface area contributed by atoms with Crippen LogP contribution in [0.25, 0.3) is 10.9 Å². The number of benzene rings is 1. The molecule has 2 rings (SSSR count). The highest BCUT2D eigenvalue weighted by atomic mass is 16.9. The molecule has 2 unspecified atom stereocenters. The van der Waals surface area contributed by atoms with Gasteiger partial charge in [0.2, 0.25) is 0 Å². The highest BCUT2D eigenvalue weighted by Gasteiger charge is 2.10. The molecular formula is C16H23N3O5. The second kappa shape index (κ2) is 8.51. The zero-order valence-electron chi connectivity index (χ0n) is 13.8. The van der Waals surface area contributed by atoms with E-state index in [4.69, 9.17) is 4.74 Å². The lowest BCUT2D eigenvalue weighted by atomic mass is 10.2. The lowest BCUT2D eigenvalue weighted by Gasteiger charge is -2.17. The van der Waals surface area contributed by atoms with Crippen LogP contribution in [-0.4, -0.2) is 47.1 Å². The van der Waals surface area contributed by atoms with Crippen molar-refractivity contribution in [2.75, 3.05) is 19.8 Å². The number of aromatic nitrogens is 1. The molecule has 0 radical (unpaired) electrons. The molecule has 1 aromatic carbocycles. The van der Waals surface area contributed by atoms with E-state index in [1.807, 2.05) is 38.1 Å². The summed E-state index contributed by atoms with van der Waals surface area (Å²) >= 11 is 0. The van der Waals surface area contributed by atoms with Crippen LogP contribution in [0, 0.1) is 17.0 Å². The van der Waals surface area contributed by atoms with Crippen molar-refractivity contribution in [2.24, 2.45) is 0 Å². The Hall–Kier alpha value is -2.32. The lowest BCUT2D eigenvalue weighted by molar-refractivity contribution is -0.757. The summed E-state index contributed by atoms with van der Waals surface area (Å²) in [6, 6.07) is 7.74. The topological polar surface area (TPSA) is 110 Å². The first kappa shape index (κ1) is 18.0. The number of hydrogen-bond acceptors (Lipinski definition) is 6. The van der Waals surface area contributed by atoms with Crippen LogP contribution in [0.5, 0.6) is 5.75 Å². The number of aliphatic hydroxyl groups excluding tert-OH is 1. The highest BCUT2D eigenvalue weighted by molar-refractivity contribution is 5.86. The minimum absolute atomic E-state index is 0.00430. The van der Waals surface area contributed by atoms with Crippen LogP contribution in [0.2, 0.25) is 0 Å². The normalized spacial score (nSPS) is 13.6. The summed E-state index contributed by atoms with van der Waals surface area (Å²) in [6.45, 7) is 4.38. The second-order valence-corrected chi connectivity index (χ2v) is 5.79. The molecule has 132 valence electrons. The predicted octanol–water partition coefficient (Wildman–Crippen LogP) is 1.79. The van der Waals surface area contributed by atoms with Gasteiger partial charge in [0.1, 0.15) is 18.5 Å². The second-order valence-electron chi connectivity index (χ2n) is 5.79. The van der Waals surface area contributed by atoms with E-state index in [-0.39, 0.29) is 19.3 Å². The molecule has 0 amide bonds. The van der Waals surface area contributed by atoms with Crippen LogP contribution in [0.3, 0.4) is 0 Å². The largest absolute Gasteiger partial charge is 0.490 e. The van der Waals surface area contributed by atoms with Gasteiger partial charge in [-0.3, -0.25) is 0 Å². The molecule has 1 heterocycles. The van der Waals surface area contributed by atoms with E-state index < -0.39 is 11.2 Å². The Morgan fingerprint density at radius 2 is 2.25 bits per heavy atom. The van der Waals surface area contributed by atoms with Gasteiger partial charge in [0.25, 0.3) is 5.09 Å². The molecule has 0 saturated carbocycles. The molecule has 8 heteroatoms. The fourth-order valence-corrected chi connectivity index (χ4v) is 2.38. The summed E-state index contributed by atoms with van der Waals surface area (Å²) < 4.78 is 5.72. The number of aliphatic hydroxyl groups is 1. The van der Waals surface area contributed by atoms with Gasteiger partial charge in [-0.25, -0.2) is 0 Å². The van der Waals surface area contributed by atoms with E-state index in [9.17, 15) is 15.2 Å².